The van der Waals surface area contributed by atoms with Crippen molar-refractivity contribution in [1.29, 1.82) is 0 Å². The number of hydrogen-bond donors (Lipinski definition) is 2. The Bertz CT molecular complexity index is 3750. The summed E-state index contributed by atoms with van der Waals surface area (Å²) in [6.07, 6.45) is 6.41. The van der Waals surface area contributed by atoms with Crippen molar-refractivity contribution < 1.29 is 56.6 Å². The van der Waals surface area contributed by atoms with Crippen molar-refractivity contribution in [2.24, 2.45) is 0 Å². The van der Waals surface area contributed by atoms with Crippen molar-refractivity contribution in [2.45, 2.75) is 67.5 Å². The molecule has 6 heterocycles. The molecule has 0 aliphatic rings. The summed E-state index contributed by atoms with van der Waals surface area (Å²) < 4.78 is 54.8. The van der Waals surface area contributed by atoms with Crippen LogP contribution in [0.15, 0.2) is 141 Å². The van der Waals surface area contributed by atoms with Gasteiger partial charge >= 0.3 is 5.97 Å². The Kier molecular flexibility index (Phi) is 21.0. The van der Waals surface area contributed by atoms with Gasteiger partial charge in [-0.3, -0.25) is 15.0 Å². The van der Waals surface area contributed by atoms with Crippen LogP contribution in [0.4, 0.5) is 0 Å². The minimum Gasteiger partial charge on any atom is -0.490 e. The lowest BCUT2D eigenvalue weighted by molar-refractivity contribution is 0.0600. The van der Waals surface area contributed by atoms with Gasteiger partial charge in [0.25, 0.3) is 17.7 Å². The van der Waals surface area contributed by atoms with E-state index in [9.17, 15) is 9.90 Å². The number of fused-ring (bicyclic) bond motifs is 1. The highest BCUT2D eigenvalue weighted by Crippen LogP contribution is 2.36. The fraction of sp³-hybridized carbons (Fsp3) is 0.290. The average molecular weight is 1140 g/mol. The van der Waals surface area contributed by atoms with Crippen molar-refractivity contribution >= 4 is 16.7 Å². The lowest BCUT2D eigenvalue weighted by Crippen LogP contribution is -2.42. The SMILES string of the molecule is CCOc1ccc(-c2nc(-c3ccnc(CNC(C)(C)CO)c3)no2)cc1OCC.CCOc1ccc(-c2nc(-c3cncc(C(=O)OC)c3)no2)cc1OCC.CCOc1ccc(-c2nc(-c3nccc4ccccc34)no2)cc1OCC. The standard InChI is InChI=1S/C22H28N4O4.C21H19N3O3.C19H19N3O5/c1-5-28-18-8-7-16(12-19(18)29-6-2)21-25-20(26-30-21)15-9-10-23-17(11-15)13-24-22(3,4)14-27;1-3-25-17-10-9-15(13-18(17)26-4-2)21-23-20(24-27-21)19-16-8-6-5-7-14(16)11-12-22-19;1-4-25-15-7-6-12(9-16(15)26-5-2)18-21-17(22-27-18)13-8-14(11-20-10-13)19(23)24-3/h7-12,24,27H,5-6,13-14H2,1-4H3;5-13H,3-4H2,1-2H3;6-11H,4-5H2,1-3H3. The fourth-order valence-electron chi connectivity index (χ4n) is 8.09. The summed E-state index contributed by atoms with van der Waals surface area (Å²) in [7, 11) is 1.31. The number of ether oxygens (including phenoxy) is 7. The van der Waals surface area contributed by atoms with E-state index in [2.05, 4.69) is 50.7 Å². The molecule has 22 nitrogen and oxygen atoms in total. The van der Waals surface area contributed by atoms with Crippen molar-refractivity contribution in [3.05, 3.63) is 139 Å². The molecule has 0 saturated heterocycles. The molecule has 0 aliphatic carbocycles. The third-order valence-electron chi connectivity index (χ3n) is 12.2. The number of benzene rings is 4. The van der Waals surface area contributed by atoms with Crippen LogP contribution < -0.4 is 33.7 Å². The second-order valence-electron chi connectivity index (χ2n) is 18.6. The monoisotopic (exact) mass is 1140 g/mol. The van der Waals surface area contributed by atoms with Crippen LogP contribution in [-0.2, 0) is 11.3 Å². The molecule has 0 unspecified atom stereocenters. The average Bonchev–Trinajstić information content (AvgIpc) is 4.43. The highest BCUT2D eigenvalue weighted by molar-refractivity contribution is 5.93. The molecule has 4 aromatic carbocycles. The number of carbonyl (C=O) groups excluding carboxylic acids is 1. The van der Waals surface area contributed by atoms with E-state index in [1.54, 1.807) is 36.8 Å². The van der Waals surface area contributed by atoms with Crippen LogP contribution in [0.3, 0.4) is 0 Å². The smallest absolute Gasteiger partial charge is 0.339 e. The Morgan fingerprint density at radius 1 is 0.524 bits per heavy atom. The maximum atomic E-state index is 11.7. The quantitative estimate of drug-likeness (QED) is 0.0563. The maximum absolute atomic E-state index is 11.7. The predicted molar refractivity (Wildman–Crippen MR) is 313 cm³/mol. The summed E-state index contributed by atoms with van der Waals surface area (Å²) in [6.45, 7) is 19.2. The number of aromatic nitrogens is 9. The van der Waals surface area contributed by atoms with E-state index in [-0.39, 0.29) is 12.1 Å². The van der Waals surface area contributed by atoms with Crippen molar-refractivity contribution in [3.8, 4) is 103 Å². The lowest BCUT2D eigenvalue weighted by atomic mass is 10.1. The Morgan fingerprint density at radius 3 is 1.51 bits per heavy atom. The van der Waals surface area contributed by atoms with E-state index in [0.717, 1.165) is 33.2 Å². The number of hydrogen-bond acceptors (Lipinski definition) is 22. The number of rotatable bonds is 23. The van der Waals surface area contributed by atoms with Crippen molar-refractivity contribution in [3.63, 3.8) is 0 Å². The van der Waals surface area contributed by atoms with E-state index in [1.807, 2.05) is 140 Å². The summed E-state index contributed by atoms with van der Waals surface area (Å²) in [4.78, 5) is 37.9. The predicted octanol–water partition coefficient (Wildman–Crippen LogP) is 11.6. The van der Waals surface area contributed by atoms with Gasteiger partial charge in [0.2, 0.25) is 17.5 Å². The molecule has 0 saturated carbocycles. The van der Waals surface area contributed by atoms with Gasteiger partial charge in [-0.25, -0.2) is 4.79 Å². The van der Waals surface area contributed by atoms with Gasteiger partial charge in [-0.2, -0.15) is 15.0 Å². The number of nitrogens with zero attached hydrogens (tertiary/aromatic N) is 9. The van der Waals surface area contributed by atoms with Crippen LogP contribution in [0.25, 0.3) is 79.4 Å². The van der Waals surface area contributed by atoms with Gasteiger partial charge in [0, 0.05) is 70.1 Å². The number of pyridine rings is 3. The highest BCUT2D eigenvalue weighted by Gasteiger charge is 2.20. The first-order valence-electron chi connectivity index (χ1n) is 27.3. The summed E-state index contributed by atoms with van der Waals surface area (Å²) in [5.74, 6) is 5.79. The summed E-state index contributed by atoms with van der Waals surface area (Å²) in [5, 5.41) is 26.9. The van der Waals surface area contributed by atoms with Crippen molar-refractivity contribution in [1.82, 2.24) is 50.7 Å². The zero-order chi connectivity index (χ0) is 59.4. The van der Waals surface area contributed by atoms with Crippen LogP contribution >= 0.6 is 0 Å². The van der Waals surface area contributed by atoms with Gasteiger partial charge < -0.3 is 57.2 Å². The normalized spacial score (nSPS) is 11.0. The molecule has 0 bridgehead atoms. The molecule has 0 atom stereocenters. The number of aliphatic hydroxyl groups is 1. The topological polar surface area (TPSA) is 269 Å². The Morgan fingerprint density at radius 2 is 1.00 bits per heavy atom. The number of aliphatic hydroxyl groups excluding tert-OH is 1. The second kappa shape index (κ2) is 29.3. The molecule has 10 aromatic rings. The van der Waals surface area contributed by atoms with Crippen LogP contribution in [-0.4, -0.2) is 115 Å². The van der Waals surface area contributed by atoms with Crippen LogP contribution in [0.5, 0.6) is 34.5 Å². The molecular formula is C62H66N10O12. The fourth-order valence-corrected chi connectivity index (χ4v) is 8.09. The van der Waals surface area contributed by atoms with E-state index in [0.29, 0.717) is 138 Å². The molecule has 436 valence electrons. The number of esters is 1. The van der Waals surface area contributed by atoms with Gasteiger partial charge in [0.05, 0.1) is 64.6 Å². The first-order chi connectivity index (χ1) is 40.9. The Labute approximate surface area is 485 Å². The zero-order valence-corrected chi connectivity index (χ0v) is 48.2. The lowest BCUT2D eigenvalue weighted by Gasteiger charge is -2.23. The van der Waals surface area contributed by atoms with Crippen molar-refractivity contribution in [2.75, 3.05) is 53.4 Å². The summed E-state index contributed by atoms with van der Waals surface area (Å²) >= 11 is 0. The Balaban J connectivity index is 0.000000165. The van der Waals surface area contributed by atoms with Gasteiger partial charge in [0.15, 0.2) is 34.5 Å². The number of methoxy groups -OCH3 is 1. The third kappa shape index (κ3) is 15.4. The number of nitrogens with one attached hydrogen (secondary N) is 1. The van der Waals surface area contributed by atoms with Gasteiger partial charge in [0.1, 0.15) is 5.69 Å². The first-order valence-corrected chi connectivity index (χ1v) is 27.3. The summed E-state index contributed by atoms with van der Waals surface area (Å²) in [6, 6.07) is 31.8. The minimum absolute atomic E-state index is 0.0344. The van der Waals surface area contributed by atoms with Crippen LogP contribution in [0.2, 0.25) is 0 Å². The van der Waals surface area contributed by atoms with Gasteiger partial charge in [-0.05, 0) is 140 Å². The second-order valence-corrected chi connectivity index (χ2v) is 18.6. The largest absolute Gasteiger partial charge is 0.490 e. The molecular weight excluding hydrogens is 1080 g/mol. The van der Waals surface area contributed by atoms with E-state index >= 15 is 0 Å². The molecule has 0 radical (unpaired) electrons. The number of carbonyl (C=O) groups is 1. The van der Waals surface area contributed by atoms with Crippen LogP contribution in [0.1, 0.15) is 71.4 Å². The van der Waals surface area contributed by atoms with Gasteiger partial charge in [-0.1, -0.05) is 39.7 Å². The highest BCUT2D eigenvalue weighted by atomic mass is 16.5. The third-order valence-corrected chi connectivity index (χ3v) is 12.2. The molecule has 6 aromatic heterocycles. The first kappa shape index (κ1) is 60.3. The van der Waals surface area contributed by atoms with Crippen LogP contribution in [0, 0.1) is 0 Å². The molecule has 0 aliphatic heterocycles. The zero-order valence-electron chi connectivity index (χ0n) is 48.2. The molecule has 0 amide bonds. The molecule has 0 spiro atoms. The molecule has 10 rings (SSSR count). The van der Waals surface area contributed by atoms with E-state index in [1.165, 1.54) is 13.3 Å². The molecule has 2 N–H and O–H groups in total. The summed E-state index contributed by atoms with van der Waals surface area (Å²) in [5.41, 5.74) is 4.99. The van der Waals surface area contributed by atoms with E-state index in [4.69, 9.17) is 46.7 Å². The molecule has 0 fully saturated rings. The van der Waals surface area contributed by atoms with E-state index < -0.39 is 5.97 Å². The minimum atomic E-state index is -0.485. The van der Waals surface area contributed by atoms with Gasteiger partial charge in [-0.15, -0.1) is 0 Å². The molecule has 22 heteroatoms. The maximum Gasteiger partial charge on any atom is 0.339 e. The Hall–Kier alpha value is -9.80. The molecule has 84 heavy (non-hydrogen) atoms.